The highest BCUT2D eigenvalue weighted by Gasteiger charge is 2.19. The van der Waals surface area contributed by atoms with E-state index >= 15 is 0 Å². The molecule has 0 aromatic carbocycles. The van der Waals surface area contributed by atoms with Gasteiger partial charge in [-0.05, 0) is 19.9 Å². The zero-order valence-electron chi connectivity index (χ0n) is 12.6. The van der Waals surface area contributed by atoms with Crippen molar-refractivity contribution in [2.75, 3.05) is 36.4 Å². The van der Waals surface area contributed by atoms with Crippen molar-refractivity contribution in [2.24, 2.45) is 0 Å². The van der Waals surface area contributed by atoms with Crippen LogP contribution in [0.25, 0.3) is 0 Å². The Labute approximate surface area is 121 Å². The molecule has 1 amide bonds. The topological polar surface area (TPSA) is 48.5 Å². The molecule has 0 bridgehead atoms. The van der Waals surface area contributed by atoms with E-state index in [1.807, 2.05) is 19.1 Å². The highest BCUT2D eigenvalue weighted by Crippen LogP contribution is 2.18. The number of carbonyl (C=O) groups is 1. The molecule has 1 aromatic heterocycles. The summed E-state index contributed by atoms with van der Waals surface area (Å²) >= 11 is 0. The van der Waals surface area contributed by atoms with E-state index in [1.54, 1.807) is 6.20 Å². The lowest BCUT2D eigenvalue weighted by Gasteiger charge is -2.37. The van der Waals surface area contributed by atoms with Crippen molar-refractivity contribution < 1.29 is 4.79 Å². The number of hydrogen-bond acceptors (Lipinski definition) is 4. The van der Waals surface area contributed by atoms with Crippen LogP contribution in [0.3, 0.4) is 0 Å². The normalized spacial score (nSPS) is 16.5. The summed E-state index contributed by atoms with van der Waals surface area (Å²) in [5.74, 6) is 0.981. The van der Waals surface area contributed by atoms with Crippen LogP contribution in [0.5, 0.6) is 0 Å². The van der Waals surface area contributed by atoms with E-state index in [1.165, 1.54) is 0 Å². The number of aromatic nitrogens is 1. The Hall–Kier alpha value is -1.62. The maximum Gasteiger partial charge on any atom is 0.224 e. The molecule has 110 valence electrons. The van der Waals surface area contributed by atoms with Gasteiger partial charge in [-0.1, -0.05) is 6.92 Å². The van der Waals surface area contributed by atoms with Crippen LogP contribution in [-0.2, 0) is 4.79 Å². The molecule has 2 rings (SSSR count). The van der Waals surface area contributed by atoms with E-state index in [0.717, 1.165) is 37.7 Å². The number of nitrogens with one attached hydrogen (secondary N) is 1. The molecule has 5 nitrogen and oxygen atoms in total. The first-order valence-electron chi connectivity index (χ1n) is 7.35. The lowest BCUT2D eigenvalue weighted by atomic mass is 10.2. The summed E-state index contributed by atoms with van der Waals surface area (Å²) in [6.07, 6.45) is 2.25. The maximum absolute atomic E-state index is 11.4. The Morgan fingerprint density at radius 1 is 1.35 bits per heavy atom. The van der Waals surface area contributed by atoms with Crippen LogP contribution in [0.1, 0.15) is 27.2 Å². The van der Waals surface area contributed by atoms with E-state index in [4.69, 9.17) is 0 Å². The van der Waals surface area contributed by atoms with Crippen molar-refractivity contribution in [3.63, 3.8) is 0 Å². The molecule has 20 heavy (non-hydrogen) atoms. The van der Waals surface area contributed by atoms with Crippen LogP contribution in [0, 0.1) is 0 Å². The van der Waals surface area contributed by atoms with Gasteiger partial charge in [-0.25, -0.2) is 4.98 Å². The molecule has 1 N–H and O–H groups in total. The fourth-order valence-electron chi connectivity index (χ4n) is 2.39. The molecule has 0 saturated carbocycles. The minimum atomic E-state index is 0.0341. The second kappa shape index (κ2) is 6.70. The summed E-state index contributed by atoms with van der Waals surface area (Å²) in [5.41, 5.74) is 0.827. The molecular formula is C15H24N4O. The third-order valence-electron chi connectivity index (χ3n) is 3.72. The number of amides is 1. The van der Waals surface area contributed by atoms with Crippen molar-refractivity contribution >= 4 is 17.4 Å². The smallest absolute Gasteiger partial charge is 0.224 e. The Bertz CT molecular complexity index is 453. The van der Waals surface area contributed by atoms with Gasteiger partial charge < -0.3 is 10.2 Å². The molecule has 5 heteroatoms. The number of carbonyl (C=O) groups excluding carboxylic acids is 1. The second-order valence-corrected chi connectivity index (χ2v) is 5.42. The van der Waals surface area contributed by atoms with E-state index in [0.29, 0.717) is 12.5 Å². The van der Waals surface area contributed by atoms with Crippen LogP contribution < -0.4 is 10.2 Å². The van der Waals surface area contributed by atoms with Gasteiger partial charge >= 0.3 is 0 Å². The van der Waals surface area contributed by atoms with Crippen molar-refractivity contribution in [3.8, 4) is 0 Å². The zero-order chi connectivity index (χ0) is 14.5. The second-order valence-electron chi connectivity index (χ2n) is 5.42. The average molecular weight is 276 g/mol. The highest BCUT2D eigenvalue weighted by molar-refractivity contribution is 5.90. The van der Waals surface area contributed by atoms with Crippen LogP contribution in [0.4, 0.5) is 11.5 Å². The Morgan fingerprint density at radius 2 is 2.05 bits per heavy atom. The third-order valence-corrected chi connectivity index (χ3v) is 3.72. The van der Waals surface area contributed by atoms with Crippen molar-refractivity contribution in [3.05, 3.63) is 18.3 Å². The Kier molecular flexibility index (Phi) is 4.95. The fourth-order valence-corrected chi connectivity index (χ4v) is 2.39. The molecule has 0 spiro atoms. The van der Waals surface area contributed by atoms with Crippen LogP contribution in [0.2, 0.25) is 0 Å². The van der Waals surface area contributed by atoms with Gasteiger partial charge in [0, 0.05) is 56.6 Å². The maximum atomic E-state index is 11.4. The van der Waals surface area contributed by atoms with Gasteiger partial charge in [-0.2, -0.15) is 0 Å². The first kappa shape index (κ1) is 14.8. The molecular weight excluding hydrogens is 252 g/mol. The molecule has 0 aliphatic carbocycles. The van der Waals surface area contributed by atoms with Gasteiger partial charge in [0.25, 0.3) is 0 Å². The van der Waals surface area contributed by atoms with E-state index in [-0.39, 0.29) is 5.91 Å². The van der Waals surface area contributed by atoms with Crippen molar-refractivity contribution in [2.45, 2.75) is 33.2 Å². The first-order chi connectivity index (χ1) is 9.60. The molecule has 0 atom stereocenters. The summed E-state index contributed by atoms with van der Waals surface area (Å²) in [5, 5.41) is 2.88. The predicted molar refractivity (Wildman–Crippen MR) is 82.1 cm³/mol. The standard InChI is InChI=1S/C15H24N4O/c1-4-15(20)17-13-5-6-16-14(11-13)19-9-7-18(8-10-19)12(2)3/h5-6,11-12H,4,7-10H2,1-3H3,(H,16,17,20). The zero-order valence-corrected chi connectivity index (χ0v) is 12.6. The van der Waals surface area contributed by atoms with Gasteiger partial charge in [0.1, 0.15) is 5.82 Å². The molecule has 0 radical (unpaired) electrons. The van der Waals surface area contributed by atoms with Gasteiger partial charge in [-0.15, -0.1) is 0 Å². The van der Waals surface area contributed by atoms with Gasteiger partial charge in [-0.3, -0.25) is 9.69 Å². The lowest BCUT2D eigenvalue weighted by molar-refractivity contribution is -0.115. The Morgan fingerprint density at radius 3 is 2.65 bits per heavy atom. The monoisotopic (exact) mass is 276 g/mol. The molecule has 1 saturated heterocycles. The Balaban J connectivity index is 1.99. The summed E-state index contributed by atoms with van der Waals surface area (Å²) < 4.78 is 0. The van der Waals surface area contributed by atoms with Crippen LogP contribution >= 0.6 is 0 Å². The quantitative estimate of drug-likeness (QED) is 0.913. The van der Waals surface area contributed by atoms with Gasteiger partial charge in [0.05, 0.1) is 0 Å². The van der Waals surface area contributed by atoms with E-state index < -0.39 is 0 Å². The summed E-state index contributed by atoms with van der Waals surface area (Å²) in [4.78, 5) is 20.6. The van der Waals surface area contributed by atoms with Crippen LogP contribution in [0.15, 0.2) is 18.3 Å². The fraction of sp³-hybridized carbons (Fsp3) is 0.600. The minimum Gasteiger partial charge on any atom is -0.354 e. The minimum absolute atomic E-state index is 0.0341. The number of anilines is 2. The molecule has 1 aromatic rings. The number of rotatable bonds is 4. The number of nitrogens with zero attached hydrogens (tertiary/aromatic N) is 3. The number of piperazine rings is 1. The lowest BCUT2D eigenvalue weighted by Crippen LogP contribution is -2.49. The van der Waals surface area contributed by atoms with E-state index in [2.05, 4.69) is 33.9 Å². The molecule has 2 heterocycles. The largest absolute Gasteiger partial charge is 0.354 e. The first-order valence-corrected chi connectivity index (χ1v) is 7.35. The van der Waals surface area contributed by atoms with Gasteiger partial charge in [0.2, 0.25) is 5.91 Å². The highest BCUT2D eigenvalue weighted by atomic mass is 16.1. The van der Waals surface area contributed by atoms with Crippen molar-refractivity contribution in [1.82, 2.24) is 9.88 Å². The molecule has 1 aliphatic heterocycles. The average Bonchev–Trinajstić information content (AvgIpc) is 2.47. The summed E-state index contributed by atoms with van der Waals surface area (Å²) in [6, 6.07) is 4.39. The number of pyridine rings is 1. The van der Waals surface area contributed by atoms with Crippen molar-refractivity contribution in [1.29, 1.82) is 0 Å². The predicted octanol–water partition coefficient (Wildman–Crippen LogP) is 1.96. The molecule has 1 aliphatic rings. The summed E-state index contributed by atoms with van der Waals surface area (Å²) in [7, 11) is 0. The molecule has 0 unspecified atom stereocenters. The third kappa shape index (κ3) is 3.70. The van der Waals surface area contributed by atoms with Crippen LogP contribution in [-0.4, -0.2) is 48.0 Å². The summed E-state index contributed by atoms with van der Waals surface area (Å²) in [6.45, 7) is 10.4. The number of hydrogen-bond donors (Lipinski definition) is 1. The van der Waals surface area contributed by atoms with Gasteiger partial charge in [0.15, 0.2) is 0 Å². The molecule has 1 fully saturated rings. The SMILES string of the molecule is CCC(=O)Nc1ccnc(N2CCN(C(C)C)CC2)c1. The van der Waals surface area contributed by atoms with E-state index in [9.17, 15) is 4.79 Å².